The Hall–Kier alpha value is -2.20. The summed E-state index contributed by atoms with van der Waals surface area (Å²) >= 11 is 0. The second-order valence-electron chi connectivity index (χ2n) is 5.43. The number of carbonyl (C=O) groups is 1. The van der Waals surface area contributed by atoms with Crippen molar-refractivity contribution in [3.63, 3.8) is 0 Å². The van der Waals surface area contributed by atoms with Crippen LogP contribution in [-0.4, -0.2) is 33.6 Å². The van der Waals surface area contributed by atoms with Crippen LogP contribution in [0.3, 0.4) is 0 Å². The molecular formula is C13H16N4O3. The number of hydrogen-bond donors (Lipinski definition) is 0. The third-order valence-corrected chi connectivity index (χ3v) is 2.65. The molecule has 0 N–H and O–H groups in total. The second kappa shape index (κ2) is 5.43. The average Bonchev–Trinajstić information content (AvgIpc) is 2.86. The zero-order valence-corrected chi connectivity index (χ0v) is 11.7. The molecule has 0 radical (unpaired) electrons. The molecule has 1 aliphatic rings. The van der Waals surface area contributed by atoms with Gasteiger partial charge in [-0.25, -0.2) is 4.79 Å². The van der Waals surface area contributed by atoms with Crippen LogP contribution in [0.4, 0.5) is 4.79 Å². The number of hydroxylamine groups is 2. The van der Waals surface area contributed by atoms with Crippen molar-refractivity contribution in [1.29, 1.82) is 5.26 Å². The van der Waals surface area contributed by atoms with Gasteiger partial charge in [-0.1, -0.05) is 0 Å². The molecule has 2 heterocycles. The SMILES string of the molecule is CC(C)(C)OC(=O)N1OCC[C@H]1c1cnnc(C#N)c1. The fourth-order valence-corrected chi connectivity index (χ4v) is 1.88. The van der Waals surface area contributed by atoms with E-state index in [2.05, 4.69) is 10.2 Å². The molecule has 1 atom stereocenters. The maximum Gasteiger partial charge on any atom is 0.435 e. The van der Waals surface area contributed by atoms with E-state index in [9.17, 15) is 4.79 Å². The van der Waals surface area contributed by atoms with Gasteiger partial charge in [0.25, 0.3) is 0 Å². The van der Waals surface area contributed by atoms with Gasteiger partial charge in [0.05, 0.1) is 18.8 Å². The Labute approximate surface area is 117 Å². The smallest absolute Gasteiger partial charge is 0.435 e. The van der Waals surface area contributed by atoms with E-state index in [0.717, 1.165) is 0 Å². The second-order valence-corrected chi connectivity index (χ2v) is 5.43. The fraction of sp³-hybridized carbons (Fsp3) is 0.538. The van der Waals surface area contributed by atoms with E-state index in [0.29, 0.717) is 18.6 Å². The van der Waals surface area contributed by atoms with E-state index < -0.39 is 11.7 Å². The summed E-state index contributed by atoms with van der Waals surface area (Å²) in [6, 6.07) is 3.21. The lowest BCUT2D eigenvalue weighted by Gasteiger charge is -2.26. The molecule has 1 aromatic heterocycles. The third-order valence-electron chi connectivity index (χ3n) is 2.65. The Kier molecular flexibility index (Phi) is 3.86. The molecule has 2 rings (SSSR count). The summed E-state index contributed by atoms with van der Waals surface area (Å²) in [5.74, 6) is 0. The van der Waals surface area contributed by atoms with E-state index in [1.807, 2.05) is 6.07 Å². The predicted octanol–water partition coefficient (Wildman–Crippen LogP) is 1.96. The molecule has 0 aromatic carbocycles. The molecule has 1 aliphatic heterocycles. The lowest BCUT2D eigenvalue weighted by Crippen LogP contribution is -2.35. The first-order valence-electron chi connectivity index (χ1n) is 6.28. The lowest BCUT2D eigenvalue weighted by molar-refractivity contribution is -0.125. The molecule has 1 aromatic rings. The normalized spacial score (nSPS) is 18.7. The van der Waals surface area contributed by atoms with Crippen molar-refractivity contribution in [1.82, 2.24) is 15.3 Å². The van der Waals surface area contributed by atoms with E-state index in [-0.39, 0.29) is 11.7 Å². The number of ether oxygens (including phenoxy) is 1. The summed E-state index contributed by atoms with van der Waals surface area (Å²) in [6.45, 7) is 5.78. The quantitative estimate of drug-likeness (QED) is 0.779. The van der Waals surface area contributed by atoms with Crippen molar-refractivity contribution in [3.05, 3.63) is 23.5 Å². The van der Waals surface area contributed by atoms with Crippen molar-refractivity contribution < 1.29 is 14.4 Å². The predicted molar refractivity (Wildman–Crippen MR) is 68.1 cm³/mol. The molecule has 1 amide bonds. The highest BCUT2D eigenvalue weighted by Crippen LogP contribution is 2.31. The van der Waals surface area contributed by atoms with E-state index in [4.69, 9.17) is 14.8 Å². The summed E-state index contributed by atoms with van der Waals surface area (Å²) in [4.78, 5) is 17.4. The Morgan fingerprint density at radius 1 is 1.60 bits per heavy atom. The first-order valence-corrected chi connectivity index (χ1v) is 6.28. The van der Waals surface area contributed by atoms with Gasteiger partial charge in [0.2, 0.25) is 0 Å². The molecular weight excluding hydrogens is 260 g/mol. The number of aromatic nitrogens is 2. The number of hydrogen-bond acceptors (Lipinski definition) is 6. The van der Waals surface area contributed by atoms with Crippen LogP contribution in [-0.2, 0) is 9.57 Å². The number of nitrogens with zero attached hydrogens (tertiary/aromatic N) is 4. The maximum atomic E-state index is 12.1. The Bertz CT molecular complexity index is 547. The van der Waals surface area contributed by atoms with Crippen molar-refractivity contribution in [2.45, 2.75) is 38.8 Å². The summed E-state index contributed by atoms with van der Waals surface area (Å²) < 4.78 is 5.29. The van der Waals surface area contributed by atoms with Crippen LogP contribution in [0.1, 0.15) is 44.5 Å². The van der Waals surface area contributed by atoms with Gasteiger partial charge in [-0.2, -0.15) is 15.4 Å². The minimum Gasteiger partial charge on any atom is -0.442 e. The maximum absolute atomic E-state index is 12.1. The molecule has 7 heteroatoms. The van der Waals surface area contributed by atoms with Gasteiger partial charge in [0.1, 0.15) is 11.7 Å². The third kappa shape index (κ3) is 3.22. The van der Waals surface area contributed by atoms with Gasteiger partial charge in [0, 0.05) is 12.0 Å². The molecule has 20 heavy (non-hydrogen) atoms. The molecule has 0 saturated carbocycles. The van der Waals surface area contributed by atoms with Crippen LogP contribution in [0, 0.1) is 11.3 Å². The fourth-order valence-electron chi connectivity index (χ4n) is 1.88. The standard InChI is InChI=1S/C13H16N4O3/c1-13(2,3)20-12(18)17-11(4-5-19-17)9-6-10(7-14)16-15-8-9/h6,8,11H,4-5H2,1-3H3/t11-/m0/s1. The first kappa shape index (κ1) is 14.2. The molecule has 1 fully saturated rings. The highest BCUT2D eigenvalue weighted by molar-refractivity contribution is 5.67. The van der Waals surface area contributed by atoms with Gasteiger partial charge >= 0.3 is 6.09 Å². The number of rotatable bonds is 1. The van der Waals surface area contributed by atoms with E-state index >= 15 is 0 Å². The largest absolute Gasteiger partial charge is 0.442 e. The lowest BCUT2D eigenvalue weighted by atomic mass is 10.1. The van der Waals surface area contributed by atoms with Crippen LogP contribution in [0.25, 0.3) is 0 Å². The minimum atomic E-state index is -0.595. The molecule has 106 valence electrons. The Morgan fingerprint density at radius 3 is 3.00 bits per heavy atom. The Morgan fingerprint density at radius 2 is 2.35 bits per heavy atom. The zero-order valence-electron chi connectivity index (χ0n) is 11.7. The summed E-state index contributed by atoms with van der Waals surface area (Å²) in [7, 11) is 0. The monoisotopic (exact) mass is 276 g/mol. The van der Waals surface area contributed by atoms with E-state index in [1.54, 1.807) is 26.8 Å². The van der Waals surface area contributed by atoms with Gasteiger partial charge < -0.3 is 4.74 Å². The summed E-state index contributed by atoms with van der Waals surface area (Å²) in [6.07, 6.45) is 1.60. The first-order chi connectivity index (χ1) is 9.40. The molecule has 0 aliphatic carbocycles. The number of carbonyl (C=O) groups excluding carboxylic acids is 1. The van der Waals surface area contributed by atoms with E-state index in [1.165, 1.54) is 11.3 Å². The molecule has 0 spiro atoms. The average molecular weight is 276 g/mol. The summed E-state index contributed by atoms with van der Waals surface area (Å²) in [5.41, 5.74) is 0.320. The highest BCUT2D eigenvalue weighted by atomic mass is 16.7. The van der Waals surface area contributed by atoms with Crippen molar-refractivity contribution >= 4 is 6.09 Å². The molecule has 1 saturated heterocycles. The van der Waals surface area contributed by atoms with Crippen LogP contribution in [0.2, 0.25) is 0 Å². The van der Waals surface area contributed by atoms with Crippen molar-refractivity contribution in [2.75, 3.05) is 6.61 Å². The summed E-state index contributed by atoms with van der Waals surface area (Å²) in [5, 5.41) is 17.5. The highest BCUT2D eigenvalue weighted by Gasteiger charge is 2.35. The van der Waals surface area contributed by atoms with Crippen LogP contribution >= 0.6 is 0 Å². The van der Waals surface area contributed by atoms with Gasteiger partial charge in [-0.15, -0.1) is 5.10 Å². The molecule has 0 unspecified atom stereocenters. The van der Waals surface area contributed by atoms with Gasteiger partial charge in [0.15, 0.2) is 5.69 Å². The van der Waals surface area contributed by atoms with Crippen LogP contribution < -0.4 is 0 Å². The molecule has 7 nitrogen and oxygen atoms in total. The van der Waals surface area contributed by atoms with Crippen molar-refractivity contribution in [3.8, 4) is 6.07 Å². The van der Waals surface area contributed by atoms with Crippen LogP contribution in [0.5, 0.6) is 0 Å². The van der Waals surface area contributed by atoms with Crippen molar-refractivity contribution in [2.24, 2.45) is 0 Å². The van der Waals surface area contributed by atoms with Gasteiger partial charge in [-0.3, -0.25) is 4.84 Å². The molecule has 0 bridgehead atoms. The zero-order chi connectivity index (χ0) is 14.8. The Balaban J connectivity index is 2.19. The topological polar surface area (TPSA) is 88.3 Å². The number of amides is 1. The van der Waals surface area contributed by atoms with Crippen LogP contribution in [0.15, 0.2) is 12.3 Å². The van der Waals surface area contributed by atoms with Gasteiger partial charge in [-0.05, 0) is 26.8 Å². The minimum absolute atomic E-state index is 0.207. The number of nitriles is 1.